The molecule has 4 aromatic rings. The summed E-state index contributed by atoms with van der Waals surface area (Å²) in [6.45, 7) is 1.28. The predicted octanol–water partition coefficient (Wildman–Crippen LogP) is 4.65. The van der Waals surface area contributed by atoms with Gasteiger partial charge in [-0.05, 0) is 10.8 Å². The Kier molecular flexibility index (Phi) is 2.39. The topological polar surface area (TPSA) is 26.3 Å². The first-order valence-electron chi connectivity index (χ1n) is 6.70. The molecule has 0 amide bonds. The first-order chi connectivity index (χ1) is 10.2. The van der Waals surface area contributed by atoms with Crippen molar-refractivity contribution in [3.8, 4) is 5.75 Å². The van der Waals surface area contributed by atoms with Crippen molar-refractivity contribution in [2.75, 3.05) is 0 Å². The van der Waals surface area contributed by atoms with Crippen LogP contribution in [0.4, 0.5) is 4.39 Å². The van der Waals surface area contributed by atoms with Crippen LogP contribution in [0.15, 0.2) is 48.5 Å². The Morgan fingerprint density at radius 2 is 1.48 bits per heavy atom. The molecule has 0 N–H and O–H groups in total. The highest BCUT2D eigenvalue weighted by molar-refractivity contribution is 6.24. The van der Waals surface area contributed by atoms with Gasteiger partial charge in [-0.1, -0.05) is 48.5 Å². The molecule has 0 spiro atoms. The van der Waals surface area contributed by atoms with Crippen LogP contribution in [0.1, 0.15) is 6.92 Å². The first kappa shape index (κ1) is 12.1. The van der Waals surface area contributed by atoms with Gasteiger partial charge in [0.25, 0.3) is 0 Å². The molecule has 0 aliphatic heterocycles. The Labute approximate surface area is 120 Å². The molecule has 4 aromatic carbocycles. The van der Waals surface area contributed by atoms with Gasteiger partial charge >= 0.3 is 5.97 Å². The third kappa shape index (κ3) is 1.61. The third-order valence-corrected chi connectivity index (χ3v) is 3.81. The molecule has 102 valence electrons. The zero-order valence-corrected chi connectivity index (χ0v) is 11.3. The third-order valence-electron chi connectivity index (χ3n) is 3.81. The van der Waals surface area contributed by atoms with Gasteiger partial charge in [-0.3, -0.25) is 4.79 Å². The molecular formula is C18H11FO2. The van der Waals surface area contributed by atoms with Gasteiger partial charge in [0.2, 0.25) is 0 Å². The van der Waals surface area contributed by atoms with Gasteiger partial charge in [0.1, 0.15) is 0 Å². The Hall–Kier alpha value is -2.68. The maximum atomic E-state index is 14.8. The number of halogens is 1. The highest BCUT2D eigenvalue weighted by Gasteiger charge is 2.19. The van der Waals surface area contributed by atoms with E-state index in [1.165, 1.54) is 6.92 Å². The van der Waals surface area contributed by atoms with Gasteiger partial charge in [0, 0.05) is 28.5 Å². The van der Waals surface area contributed by atoms with Crippen LogP contribution in [0.2, 0.25) is 0 Å². The summed E-state index contributed by atoms with van der Waals surface area (Å²) < 4.78 is 19.9. The molecule has 4 rings (SSSR count). The molecule has 0 saturated carbocycles. The van der Waals surface area contributed by atoms with Crippen LogP contribution in [-0.2, 0) is 4.79 Å². The normalized spacial score (nSPS) is 11.5. The number of hydrogen-bond acceptors (Lipinski definition) is 2. The summed E-state index contributed by atoms with van der Waals surface area (Å²) >= 11 is 0. The van der Waals surface area contributed by atoms with E-state index in [-0.39, 0.29) is 5.75 Å². The molecule has 21 heavy (non-hydrogen) atoms. The van der Waals surface area contributed by atoms with Crippen molar-refractivity contribution in [3.05, 3.63) is 54.3 Å². The Bertz CT molecular complexity index is 1000. The molecule has 0 radical (unpaired) electrons. The fourth-order valence-corrected chi connectivity index (χ4v) is 3.01. The van der Waals surface area contributed by atoms with E-state index in [0.717, 1.165) is 21.5 Å². The number of carbonyl (C=O) groups excluding carboxylic acids is 1. The van der Waals surface area contributed by atoms with Crippen LogP contribution in [0.5, 0.6) is 5.75 Å². The molecule has 2 nitrogen and oxygen atoms in total. The van der Waals surface area contributed by atoms with Gasteiger partial charge in [-0.15, -0.1) is 0 Å². The second-order valence-electron chi connectivity index (χ2n) is 5.11. The monoisotopic (exact) mass is 278 g/mol. The molecule has 0 atom stereocenters. The molecule has 0 fully saturated rings. The summed E-state index contributed by atoms with van der Waals surface area (Å²) in [5.41, 5.74) is 0. The Balaban J connectivity index is 2.33. The molecule has 0 aliphatic rings. The number of hydrogen-bond donors (Lipinski definition) is 0. The number of ether oxygens (including phenoxy) is 1. The van der Waals surface area contributed by atoms with Crippen LogP contribution in [0, 0.1) is 5.82 Å². The molecule has 0 unspecified atom stereocenters. The number of benzene rings is 4. The Morgan fingerprint density at radius 3 is 2.10 bits per heavy atom. The fraction of sp³-hybridized carbons (Fsp3) is 0.0556. The van der Waals surface area contributed by atoms with Crippen molar-refractivity contribution >= 4 is 38.3 Å². The van der Waals surface area contributed by atoms with Crippen molar-refractivity contribution < 1.29 is 13.9 Å². The van der Waals surface area contributed by atoms with E-state index in [1.54, 1.807) is 12.1 Å². The number of esters is 1. The standard InChI is InChI=1S/C18H11FO2/c1-10(20)21-18-14-7-3-5-12-9-8-11-4-2-6-13(17(18)19)15(11)16(12)14/h2-9H,1H3. The van der Waals surface area contributed by atoms with Gasteiger partial charge in [-0.25, -0.2) is 4.39 Å². The fourth-order valence-electron chi connectivity index (χ4n) is 3.01. The molecule has 0 bridgehead atoms. The van der Waals surface area contributed by atoms with Crippen molar-refractivity contribution in [2.45, 2.75) is 6.92 Å². The highest BCUT2D eigenvalue weighted by atomic mass is 19.1. The van der Waals surface area contributed by atoms with E-state index in [1.807, 2.05) is 36.4 Å². The quantitative estimate of drug-likeness (QED) is 0.288. The predicted molar refractivity (Wildman–Crippen MR) is 81.4 cm³/mol. The van der Waals surface area contributed by atoms with E-state index in [2.05, 4.69) is 0 Å². The van der Waals surface area contributed by atoms with Crippen LogP contribution in [0.25, 0.3) is 32.3 Å². The zero-order chi connectivity index (χ0) is 14.6. The lowest BCUT2D eigenvalue weighted by Crippen LogP contribution is -2.04. The van der Waals surface area contributed by atoms with Crippen molar-refractivity contribution in [1.29, 1.82) is 0 Å². The Morgan fingerprint density at radius 1 is 0.905 bits per heavy atom. The summed E-state index contributed by atoms with van der Waals surface area (Å²) in [7, 11) is 0. The minimum absolute atomic E-state index is 0.0132. The molecule has 0 aromatic heterocycles. The van der Waals surface area contributed by atoms with E-state index in [0.29, 0.717) is 10.8 Å². The lowest BCUT2D eigenvalue weighted by Gasteiger charge is -2.15. The second-order valence-corrected chi connectivity index (χ2v) is 5.11. The van der Waals surface area contributed by atoms with Gasteiger partial charge < -0.3 is 4.74 Å². The van der Waals surface area contributed by atoms with Gasteiger partial charge in [0.15, 0.2) is 11.6 Å². The summed E-state index contributed by atoms with van der Waals surface area (Å²) in [6.07, 6.45) is 0. The van der Waals surface area contributed by atoms with E-state index in [9.17, 15) is 9.18 Å². The first-order valence-corrected chi connectivity index (χ1v) is 6.70. The zero-order valence-electron chi connectivity index (χ0n) is 11.3. The molecule has 3 heteroatoms. The van der Waals surface area contributed by atoms with E-state index in [4.69, 9.17) is 4.74 Å². The molecule has 0 aliphatic carbocycles. The molecule has 0 heterocycles. The van der Waals surface area contributed by atoms with Crippen LogP contribution in [-0.4, -0.2) is 5.97 Å². The largest absolute Gasteiger partial charge is 0.423 e. The smallest absolute Gasteiger partial charge is 0.308 e. The van der Waals surface area contributed by atoms with Gasteiger partial charge in [0.05, 0.1) is 0 Å². The van der Waals surface area contributed by atoms with E-state index >= 15 is 0 Å². The lowest BCUT2D eigenvalue weighted by atomic mass is 9.93. The van der Waals surface area contributed by atoms with Crippen LogP contribution >= 0.6 is 0 Å². The minimum atomic E-state index is -0.524. The maximum Gasteiger partial charge on any atom is 0.308 e. The van der Waals surface area contributed by atoms with Gasteiger partial charge in [-0.2, -0.15) is 0 Å². The van der Waals surface area contributed by atoms with Crippen LogP contribution in [0.3, 0.4) is 0 Å². The summed E-state index contributed by atoms with van der Waals surface area (Å²) in [4.78, 5) is 11.3. The average molecular weight is 278 g/mol. The van der Waals surface area contributed by atoms with Crippen molar-refractivity contribution in [1.82, 2.24) is 0 Å². The lowest BCUT2D eigenvalue weighted by molar-refractivity contribution is -0.131. The van der Waals surface area contributed by atoms with Crippen LogP contribution < -0.4 is 4.74 Å². The molecule has 0 saturated heterocycles. The second kappa shape index (κ2) is 4.16. The minimum Gasteiger partial charge on any atom is -0.423 e. The average Bonchev–Trinajstić information content (AvgIpc) is 2.49. The summed E-state index contributed by atoms with van der Waals surface area (Å²) in [5, 5.41) is 4.90. The maximum absolute atomic E-state index is 14.8. The molecular weight excluding hydrogens is 267 g/mol. The summed E-state index contributed by atoms with van der Waals surface area (Å²) in [5.74, 6) is -0.995. The summed E-state index contributed by atoms with van der Waals surface area (Å²) in [6, 6.07) is 15.1. The number of rotatable bonds is 1. The number of carbonyl (C=O) groups is 1. The SMILES string of the molecule is CC(=O)Oc1c(F)c2cccc3ccc4cccc1c4c32. The van der Waals surface area contributed by atoms with Crippen molar-refractivity contribution in [2.24, 2.45) is 0 Å². The van der Waals surface area contributed by atoms with E-state index < -0.39 is 11.8 Å². The highest BCUT2D eigenvalue weighted by Crippen LogP contribution is 2.41. The van der Waals surface area contributed by atoms with Crippen molar-refractivity contribution in [3.63, 3.8) is 0 Å².